The van der Waals surface area contributed by atoms with Gasteiger partial charge in [0.1, 0.15) is 5.82 Å². The smallest absolute Gasteiger partial charge is 0.415 e. The first-order chi connectivity index (χ1) is 16.0. The minimum atomic E-state index is -1.10. The van der Waals surface area contributed by atoms with Crippen molar-refractivity contribution in [3.63, 3.8) is 0 Å². The molecule has 8 heteroatoms. The number of piperidine rings is 2. The number of hydrogen-bond donors (Lipinski definition) is 1. The van der Waals surface area contributed by atoms with E-state index in [0.29, 0.717) is 19.0 Å². The SMILES string of the molecule is Cc1cccc(N2CCC(CCC3CCN(C(=O)Oc4cncc(C(=O)O)c4)CC3)CC2)n1. The molecular weight excluding hydrogens is 420 g/mol. The van der Waals surface area contributed by atoms with Crippen LogP contribution in [-0.4, -0.2) is 58.2 Å². The molecule has 2 aliphatic heterocycles. The number of pyridine rings is 2. The maximum absolute atomic E-state index is 12.4. The molecule has 176 valence electrons. The molecule has 33 heavy (non-hydrogen) atoms. The number of carboxylic acids is 1. The lowest BCUT2D eigenvalue weighted by Crippen LogP contribution is -2.40. The van der Waals surface area contributed by atoms with Crippen molar-refractivity contribution in [1.29, 1.82) is 0 Å². The molecule has 0 radical (unpaired) electrons. The number of aromatic nitrogens is 2. The number of carbonyl (C=O) groups is 2. The maximum Gasteiger partial charge on any atom is 0.415 e. The minimum absolute atomic E-state index is 0.0000121. The number of ether oxygens (including phenoxy) is 1. The van der Waals surface area contributed by atoms with Crippen molar-refractivity contribution >= 4 is 17.9 Å². The van der Waals surface area contributed by atoms with E-state index in [9.17, 15) is 9.59 Å². The summed E-state index contributed by atoms with van der Waals surface area (Å²) in [5.74, 6) is 1.57. The zero-order chi connectivity index (χ0) is 23.2. The summed E-state index contributed by atoms with van der Waals surface area (Å²) >= 11 is 0. The molecule has 2 aromatic rings. The Labute approximate surface area is 194 Å². The van der Waals surface area contributed by atoms with Gasteiger partial charge >= 0.3 is 12.1 Å². The lowest BCUT2D eigenvalue weighted by atomic mass is 9.85. The van der Waals surface area contributed by atoms with Crippen molar-refractivity contribution in [2.75, 3.05) is 31.1 Å². The Morgan fingerprint density at radius 2 is 1.70 bits per heavy atom. The van der Waals surface area contributed by atoms with Crippen LogP contribution in [0.5, 0.6) is 5.75 Å². The van der Waals surface area contributed by atoms with E-state index in [4.69, 9.17) is 9.84 Å². The number of carbonyl (C=O) groups excluding carboxylic acids is 1. The van der Waals surface area contributed by atoms with E-state index in [2.05, 4.69) is 27.0 Å². The molecule has 2 saturated heterocycles. The molecule has 4 rings (SSSR count). The van der Waals surface area contributed by atoms with Gasteiger partial charge in [-0.3, -0.25) is 4.98 Å². The predicted octanol–water partition coefficient (Wildman–Crippen LogP) is 4.39. The average Bonchev–Trinajstić information content (AvgIpc) is 2.83. The van der Waals surface area contributed by atoms with Gasteiger partial charge in [-0.2, -0.15) is 0 Å². The van der Waals surface area contributed by atoms with E-state index in [1.165, 1.54) is 44.1 Å². The van der Waals surface area contributed by atoms with Crippen molar-refractivity contribution in [2.45, 2.75) is 45.4 Å². The fraction of sp³-hybridized carbons (Fsp3) is 0.520. The largest absolute Gasteiger partial charge is 0.478 e. The molecule has 1 N–H and O–H groups in total. The van der Waals surface area contributed by atoms with E-state index < -0.39 is 12.1 Å². The van der Waals surface area contributed by atoms with Crippen LogP contribution >= 0.6 is 0 Å². The van der Waals surface area contributed by atoms with Gasteiger partial charge in [-0.1, -0.05) is 18.9 Å². The topological polar surface area (TPSA) is 95.9 Å². The lowest BCUT2D eigenvalue weighted by molar-refractivity contribution is 0.0695. The molecule has 4 heterocycles. The van der Waals surface area contributed by atoms with Gasteiger partial charge in [0.2, 0.25) is 0 Å². The van der Waals surface area contributed by atoms with Crippen LogP contribution in [0.1, 0.15) is 54.6 Å². The quantitative estimate of drug-likeness (QED) is 0.694. The van der Waals surface area contributed by atoms with Gasteiger partial charge in [-0.05, 0) is 62.6 Å². The second kappa shape index (κ2) is 10.6. The molecule has 0 aliphatic carbocycles. The monoisotopic (exact) mass is 452 g/mol. The fourth-order valence-electron chi connectivity index (χ4n) is 4.79. The van der Waals surface area contributed by atoms with Crippen LogP contribution in [0.4, 0.5) is 10.6 Å². The number of rotatable bonds is 6. The Bertz CT molecular complexity index is 966. The fourth-order valence-corrected chi connectivity index (χ4v) is 4.79. The Kier molecular flexibility index (Phi) is 7.42. The highest BCUT2D eigenvalue weighted by atomic mass is 16.6. The summed E-state index contributed by atoms with van der Waals surface area (Å²) in [6.07, 6.45) is 9.00. The molecule has 0 saturated carbocycles. The zero-order valence-electron chi connectivity index (χ0n) is 19.2. The third kappa shape index (κ3) is 6.21. The predicted molar refractivity (Wildman–Crippen MR) is 125 cm³/mol. The van der Waals surface area contributed by atoms with Gasteiger partial charge in [-0.25, -0.2) is 14.6 Å². The summed E-state index contributed by atoms with van der Waals surface area (Å²) in [5, 5.41) is 9.05. The van der Waals surface area contributed by atoms with Gasteiger partial charge in [-0.15, -0.1) is 0 Å². The standard InChI is InChI=1S/C25H32N4O4/c1-18-3-2-4-23(27-18)28-11-7-19(8-12-28)5-6-20-9-13-29(14-10-20)25(32)33-22-15-21(24(30)31)16-26-17-22/h2-4,15-17,19-20H,5-14H2,1H3,(H,30,31). The first-order valence-electron chi connectivity index (χ1n) is 11.8. The highest BCUT2D eigenvalue weighted by molar-refractivity contribution is 5.87. The van der Waals surface area contributed by atoms with Crippen LogP contribution in [0.3, 0.4) is 0 Å². The van der Waals surface area contributed by atoms with Crippen molar-refractivity contribution in [3.05, 3.63) is 47.9 Å². The third-order valence-electron chi connectivity index (χ3n) is 6.83. The molecule has 0 bridgehead atoms. The molecule has 2 fully saturated rings. The molecule has 1 amide bonds. The normalized spacial score (nSPS) is 17.7. The first kappa shape index (κ1) is 23.0. The van der Waals surface area contributed by atoms with Crippen molar-refractivity contribution in [1.82, 2.24) is 14.9 Å². The number of aromatic carboxylic acids is 1. The van der Waals surface area contributed by atoms with Gasteiger partial charge in [0.15, 0.2) is 5.75 Å². The van der Waals surface area contributed by atoms with E-state index >= 15 is 0 Å². The van der Waals surface area contributed by atoms with Crippen LogP contribution in [0, 0.1) is 18.8 Å². The average molecular weight is 453 g/mol. The number of aryl methyl sites for hydroxylation is 1. The number of likely N-dealkylation sites (tertiary alicyclic amines) is 1. The maximum atomic E-state index is 12.4. The molecule has 2 aliphatic rings. The molecule has 0 atom stereocenters. The molecule has 0 spiro atoms. The summed E-state index contributed by atoms with van der Waals surface area (Å²) in [5.41, 5.74) is 1.07. The highest BCUT2D eigenvalue weighted by Gasteiger charge is 2.26. The molecule has 0 aromatic carbocycles. The van der Waals surface area contributed by atoms with E-state index in [-0.39, 0.29) is 11.3 Å². The van der Waals surface area contributed by atoms with E-state index in [1.54, 1.807) is 4.90 Å². The second-order valence-corrected chi connectivity index (χ2v) is 9.16. The van der Waals surface area contributed by atoms with Gasteiger partial charge < -0.3 is 19.6 Å². The Morgan fingerprint density at radius 3 is 2.33 bits per heavy atom. The van der Waals surface area contributed by atoms with Crippen LogP contribution < -0.4 is 9.64 Å². The summed E-state index contributed by atoms with van der Waals surface area (Å²) < 4.78 is 5.34. The zero-order valence-corrected chi connectivity index (χ0v) is 19.2. The Balaban J connectivity index is 1.16. The Morgan fingerprint density at radius 1 is 1.03 bits per heavy atom. The van der Waals surface area contributed by atoms with Gasteiger partial charge in [0.25, 0.3) is 0 Å². The number of amides is 1. The molecule has 0 unspecified atom stereocenters. The van der Waals surface area contributed by atoms with Crippen LogP contribution in [-0.2, 0) is 0 Å². The number of nitrogens with zero attached hydrogens (tertiary/aromatic N) is 4. The lowest BCUT2D eigenvalue weighted by Gasteiger charge is -2.35. The molecule has 2 aromatic heterocycles. The second-order valence-electron chi connectivity index (χ2n) is 9.16. The summed E-state index contributed by atoms with van der Waals surface area (Å²) in [6, 6.07) is 7.54. The number of hydrogen-bond acceptors (Lipinski definition) is 6. The van der Waals surface area contributed by atoms with Crippen LogP contribution in [0.25, 0.3) is 0 Å². The molecular formula is C25H32N4O4. The summed E-state index contributed by atoms with van der Waals surface area (Å²) in [7, 11) is 0. The first-order valence-corrected chi connectivity index (χ1v) is 11.8. The summed E-state index contributed by atoms with van der Waals surface area (Å²) in [4.78, 5) is 36.1. The number of carboxylic acid groups (broad SMARTS) is 1. The van der Waals surface area contributed by atoms with E-state index in [0.717, 1.165) is 43.4 Å². The van der Waals surface area contributed by atoms with Gasteiger partial charge in [0, 0.05) is 38.1 Å². The Hall–Kier alpha value is -3.16. The highest BCUT2D eigenvalue weighted by Crippen LogP contribution is 2.30. The van der Waals surface area contributed by atoms with Crippen LogP contribution in [0.15, 0.2) is 36.7 Å². The third-order valence-corrected chi connectivity index (χ3v) is 6.83. The molecule has 8 nitrogen and oxygen atoms in total. The minimum Gasteiger partial charge on any atom is -0.478 e. The van der Waals surface area contributed by atoms with Gasteiger partial charge in [0.05, 0.1) is 11.8 Å². The van der Waals surface area contributed by atoms with Crippen molar-refractivity contribution < 1.29 is 19.4 Å². The van der Waals surface area contributed by atoms with Crippen molar-refractivity contribution in [2.24, 2.45) is 11.8 Å². The summed E-state index contributed by atoms with van der Waals surface area (Å²) in [6.45, 7) is 5.53. The number of anilines is 1. The van der Waals surface area contributed by atoms with E-state index in [1.807, 2.05) is 13.0 Å². The van der Waals surface area contributed by atoms with Crippen molar-refractivity contribution in [3.8, 4) is 5.75 Å². The van der Waals surface area contributed by atoms with Crippen LogP contribution in [0.2, 0.25) is 0 Å².